The standard InChI is InChI=1S/C16H16FNO2.ClH/c17-14-8-4-7-13(9-14)10-15(18)16(19)20-11-12-5-2-1-3-6-12;/h1-9,15H,10-11,18H2;1H/t15-;/m0./s1. The van der Waals surface area contributed by atoms with E-state index in [1.54, 1.807) is 12.1 Å². The minimum absolute atomic E-state index is 0. The second-order valence-electron chi connectivity index (χ2n) is 4.53. The van der Waals surface area contributed by atoms with Crippen LogP contribution in [0.4, 0.5) is 4.39 Å². The number of nitrogens with two attached hydrogens (primary N) is 1. The molecule has 2 rings (SSSR count). The maximum Gasteiger partial charge on any atom is 0.323 e. The number of carbonyl (C=O) groups excluding carboxylic acids is 1. The van der Waals surface area contributed by atoms with Crippen molar-refractivity contribution in [1.82, 2.24) is 0 Å². The lowest BCUT2D eigenvalue weighted by Crippen LogP contribution is -2.34. The lowest BCUT2D eigenvalue weighted by molar-refractivity contribution is -0.146. The molecule has 1 atom stereocenters. The number of carbonyl (C=O) groups is 1. The summed E-state index contributed by atoms with van der Waals surface area (Å²) in [6.07, 6.45) is 0.255. The Kier molecular flexibility index (Phi) is 6.85. The predicted molar refractivity (Wildman–Crippen MR) is 81.6 cm³/mol. The third-order valence-electron chi connectivity index (χ3n) is 2.87. The Balaban J connectivity index is 0.00000220. The van der Waals surface area contributed by atoms with Crippen molar-refractivity contribution in [3.05, 3.63) is 71.5 Å². The summed E-state index contributed by atoms with van der Waals surface area (Å²) in [4.78, 5) is 11.8. The SMILES string of the molecule is Cl.N[C@@H](Cc1cccc(F)c1)C(=O)OCc1ccccc1. The molecule has 2 aromatic carbocycles. The first-order valence-corrected chi connectivity index (χ1v) is 6.36. The second-order valence-corrected chi connectivity index (χ2v) is 4.53. The van der Waals surface area contributed by atoms with Crippen molar-refractivity contribution in [2.24, 2.45) is 5.73 Å². The Morgan fingerprint density at radius 1 is 1.10 bits per heavy atom. The van der Waals surface area contributed by atoms with Gasteiger partial charge in [0.25, 0.3) is 0 Å². The van der Waals surface area contributed by atoms with Gasteiger partial charge in [-0.3, -0.25) is 4.79 Å². The van der Waals surface area contributed by atoms with E-state index in [9.17, 15) is 9.18 Å². The molecular formula is C16H17ClFNO2. The monoisotopic (exact) mass is 309 g/mol. The van der Waals surface area contributed by atoms with E-state index in [0.29, 0.717) is 5.56 Å². The summed E-state index contributed by atoms with van der Waals surface area (Å²) in [5.74, 6) is -0.828. The Bertz CT molecular complexity index is 577. The zero-order chi connectivity index (χ0) is 14.4. The second kappa shape index (κ2) is 8.39. The highest BCUT2D eigenvalue weighted by atomic mass is 35.5. The van der Waals surface area contributed by atoms with Gasteiger partial charge < -0.3 is 10.5 Å². The Hall–Kier alpha value is -1.91. The number of hydrogen-bond acceptors (Lipinski definition) is 3. The van der Waals surface area contributed by atoms with E-state index in [1.165, 1.54) is 12.1 Å². The summed E-state index contributed by atoms with van der Waals surface area (Å²) in [7, 11) is 0. The molecule has 0 amide bonds. The largest absolute Gasteiger partial charge is 0.460 e. The summed E-state index contributed by atoms with van der Waals surface area (Å²) in [5.41, 5.74) is 7.34. The molecule has 112 valence electrons. The molecule has 0 aliphatic heterocycles. The van der Waals surface area contributed by atoms with Crippen LogP contribution < -0.4 is 5.73 Å². The number of esters is 1. The minimum atomic E-state index is -0.791. The van der Waals surface area contributed by atoms with Gasteiger partial charge in [-0.05, 0) is 29.7 Å². The highest BCUT2D eigenvalue weighted by Crippen LogP contribution is 2.07. The van der Waals surface area contributed by atoms with E-state index < -0.39 is 12.0 Å². The lowest BCUT2D eigenvalue weighted by atomic mass is 10.1. The number of rotatable bonds is 5. The molecule has 0 aliphatic rings. The normalized spacial score (nSPS) is 11.3. The molecule has 21 heavy (non-hydrogen) atoms. The number of ether oxygens (including phenoxy) is 1. The molecule has 0 radical (unpaired) electrons. The number of halogens is 2. The van der Waals surface area contributed by atoms with Crippen LogP contribution in [0, 0.1) is 5.82 Å². The average Bonchev–Trinajstić information content (AvgIpc) is 2.46. The van der Waals surface area contributed by atoms with Crippen LogP contribution in [0.5, 0.6) is 0 Å². The van der Waals surface area contributed by atoms with Gasteiger partial charge in [0, 0.05) is 0 Å². The van der Waals surface area contributed by atoms with Crippen LogP contribution in [0.2, 0.25) is 0 Å². The fourth-order valence-electron chi connectivity index (χ4n) is 1.84. The van der Waals surface area contributed by atoms with Gasteiger partial charge in [0.2, 0.25) is 0 Å². The third kappa shape index (κ3) is 5.53. The van der Waals surface area contributed by atoms with Crippen LogP contribution in [0.15, 0.2) is 54.6 Å². The van der Waals surface area contributed by atoms with Gasteiger partial charge in [0.05, 0.1) is 0 Å². The molecule has 0 aliphatic carbocycles. The molecular weight excluding hydrogens is 293 g/mol. The van der Waals surface area contributed by atoms with Crippen molar-refractivity contribution in [1.29, 1.82) is 0 Å². The highest BCUT2D eigenvalue weighted by molar-refractivity contribution is 5.85. The fraction of sp³-hybridized carbons (Fsp3) is 0.188. The van der Waals surface area contributed by atoms with Crippen molar-refractivity contribution >= 4 is 18.4 Å². The van der Waals surface area contributed by atoms with Crippen molar-refractivity contribution in [3.63, 3.8) is 0 Å². The van der Waals surface area contributed by atoms with Crippen LogP contribution in [-0.4, -0.2) is 12.0 Å². The average molecular weight is 310 g/mol. The summed E-state index contributed by atoms with van der Waals surface area (Å²) in [5, 5.41) is 0. The zero-order valence-corrected chi connectivity index (χ0v) is 12.2. The molecule has 0 heterocycles. The first-order valence-electron chi connectivity index (χ1n) is 6.36. The summed E-state index contributed by atoms with van der Waals surface area (Å²) >= 11 is 0. The molecule has 0 unspecified atom stereocenters. The Morgan fingerprint density at radius 2 is 1.76 bits per heavy atom. The van der Waals surface area contributed by atoms with Crippen LogP contribution in [0.25, 0.3) is 0 Å². The van der Waals surface area contributed by atoms with Crippen LogP contribution >= 0.6 is 12.4 Å². The maximum absolute atomic E-state index is 13.0. The first kappa shape index (κ1) is 17.1. The molecule has 2 N–H and O–H groups in total. The zero-order valence-electron chi connectivity index (χ0n) is 11.4. The maximum atomic E-state index is 13.0. The van der Waals surface area contributed by atoms with Crippen LogP contribution in [-0.2, 0) is 22.6 Å². The Morgan fingerprint density at radius 3 is 2.43 bits per heavy atom. The minimum Gasteiger partial charge on any atom is -0.460 e. The topological polar surface area (TPSA) is 52.3 Å². The molecule has 0 spiro atoms. The van der Waals surface area contributed by atoms with Crippen molar-refractivity contribution in [3.8, 4) is 0 Å². The third-order valence-corrected chi connectivity index (χ3v) is 2.87. The molecule has 5 heteroatoms. The molecule has 0 fully saturated rings. The van der Waals surface area contributed by atoms with Gasteiger partial charge in [-0.2, -0.15) is 0 Å². The quantitative estimate of drug-likeness (QED) is 0.864. The lowest BCUT2D eigenvalue weighted by Gasteiger charge is -2.11. The molecule has 2 aromatic rings. The molecule has 0 aromatic heterocycles. The molecule has 0 saturated carbocycles. The van der Waals surface area contributed by atoms with Crippen LogP contribution in [0.1, 0.15) is 11.1 Å². The van der Waals surface area contributed by atoms with E-state index in [4.69, 9.17) is 10.5 Å². The van der Waals surface area contributed by atoms with E-state index in [2.05, 4.69) is 0 Å². The van der Waals surface area contributed by atoms with E-state index in [-0.39, 0.29) is 31.3 Å². The van der Waals surface area contributed by atoms with Gasteiger partial charge in [0.15, 0.2) is 0 Å². The van der Waals surface area contributed by atoms with Crippen LogP contribution in [0.3, 0.4) is 0 Å². The molecule has 0 bridgehead atoms. The van der Waals surface area contributed by atoms with Gasteiger partial charge >= 0.3 is 5.97 Å². The number of benzene rings is 2. The van der Waals surface area contributed by atoms with Gasteiger partial charge in [-0.25, -0.2) is 4.39 Å². The summed E-state index contributed by atoms with van der Waals surface area (Å²) in [6, 6.07) is 14.6. The van der Waals surface area contributed by atoms with E-state index in [0.717, 1.165) is 5.56 Å². The molecule has 3 nitrogen and oxygen atoms in total. The summed E-state index contributed by atoms with van der Waals surface area (Å²) < 4.78 is 18.2. The van der Waals surface area contributed by atoms with Gasteiger partial charge in [-0.1, -0.05) is 42.5 Å². The smallest absolute Gasteiger partial charge is 0.323 e. The predicted octanol–water partition coefficient (Wildman–Crippen LogP) is 2.86. The van der Waals surface area contributed by atoms with Gasteiger partial charge in [0.1, 0.15) is 18.5 Å². The number of hydrogen-bond donors (Lipinski definition) is 1. The highest BCUT2D eigenvalue weighted by Gasteiger charge is 2.16. The summed E-state index contributed by atoms with van der Waals surface area (Å²) in [6.45, 7) is 0.191. The van der Waals surface area contributed by atoms with Crippen molar-refractivity contribution in [2.75, 3.05) is 0 Å². The van der Waals surface area contributed by atoms with Crippen molar-refractivity contribution in [2.45, 2.75) is 19.1 Å². The molecule has 0 saturated heterocycles. The Labute approximate surface area is 129 Å². The van der Waals surface area contributed by atoms with E-state index >= 15 is 0 Å². The van der Waals surface area contributed by atoms with Gasteiger partial charge in [-0.15, -0.1) is 12.4 Å². The first-order chi connectivity index (χ1) is 9.65. The van der Waals surface area contributed by atoms with Crippen molar-refractivity contribution < 1.29 is 13.9 Å². The van der Waals surface area contributed by atoms with E-state index in [1.807, 2.05) is 30.3 Å². The fourth-order valence-corrected chi connectivity index (χ4v) is 1.84.